The van der Waals surface area contributed by atoms with E-state index in [4.69, 9.17) is 4.74 Å². The van der Waals surface area contributed by atoms with E-state index in [1.54, 1.807) is 6.07 Å². The van der Waals surface area contributed by atoms with Crippen molar-refractivity contribution in [3.63, 3.8) is 0 Å². The lowest BCUT2D eigenvalue weighted by Gasteiger charge is -2.14. The molecule has 5 heteroatoms. The molecule has 0 atom stereocenters. The smallest absolute Gasteiger partial charge is 0.175 e. The van der Waals surface area contributed by atoms with Crippen LogP contribution in [0.3, 0.4) is 0 Å². The molecule has 0 heterocycles. The van der Waals surface area contributed by atoms with Gasteiger partial charge in [-0.25, -0.2) is 8.42 Å². The molecule has 0 radical (unpaired) electrons. The lowest BCUT2D eigenvalue weighted by Crippen LogP contribution is -2.09. The second-order valence-electron chi connectivity index (χ2n) is 4.17. The Balaban J connectivity index is 2.56. The second kappa shape index (κ2) is 3.46. The van der Waals surface area contributed by atoms with Crippen molar-refractivity contribution in [3.05, 3.63) is 23.8 Å². The van der Waals surface area contributed by atoms with Crippen molar-refractivity contribution in [2.24, 2.45) is 0 Å². The van der Waals surface area contributed by atoms with Gasteiger partial charge in [-0.05, 0) is 31.0 Å². The normalized spacial score (nSPS) is 18.2. The number of sulfone groups is 1. The largest absolute Gasteiger partial charge is 0.496 e. The van der Waals surface area contributed by atoms with E-state index in [9.17, 15) is 13.5 Å². The zero-order valence-electron chi connectivity index (χ0n) is 9.23. The van der Waals surface area contributed by atoms with Crippen molar-refractivity contribution in [3.8, 4) is 5.75 Å². The Morgan fingerprint density at radius 2 is 2.00 bits per heavy atom. The molecular formula is C11H14O4S. The van der Waals surface area contributed by atoms with Crippen LogP contribution >= 0.6 is 0 Å². The zero-order valence-corrected chi connectivity index (χ0v) is 10.0. The number of hydrogen-bond donors (Lipinski definition) is 1. The molecule has 1 N–H and O–H groups in total. The van der Waals surface area contributed by atoms with Crippen LogP contribution in [0.5, 0.6) is 5.75 Å². The number of aliphatic hydroxyl groups is 1. The van der Waals surface area contributed by atoms with Crippen LogP contribution in [-0.2, 0) is 15.4 Å². The molecular weight excluding hydrogens is 228 g/mol. The highest BCUT2D eigenvalue weighted by atomic mass is 32.2. The second-order valence-corrected chi connectivity index (χ2v) is 6.18. The highest BCUT2D eigenvalue weighted by Crippen LogP contribution is 2.49. The molecule has 88 valence electrons. The van der Waals surface area contributed by atoms with Gasteiger partial charge >= 0.3 is 0 Å². The minimum Gasteiger partial charge on any atom is -0.496 e. The van der Waals surface area contributed by atoms with Gasteiger partial charge in [0.25, 0.3) is 0 Å². The van der Waals surface area contributed by atoms with Crippen LogP contribution in [0, 0.1) is 0 Å². The molecule has 0 aliphatic heterocycles. The molecule has 0 saturated heterocycles. The maximum atomic E-state index is 11.4. The Labute approximate surface area is 94.8 Å². The molecule has 0 spiro atoms. The molecule has 1 aliphatic carbocycles. The van der Waals surface area contributed by atoms with Gasteiger partial charge in [-0.3, -0.25) is 0 Å². The summed E-state index contributed by atoms with van der Waals surface area (Å²) in [7, 11) is -1.74. The Kier molecular flexibility index (Phi) is 2.47. The average molecular weight is 242 g/mol. The fourth-order valence-corrected chi connectivity index (χ4v) is 2.32. The molecule has 16 heavy (non-hydrogen) atoms. The fraction of sp³-hybridized carbons (Fsp3) is 0.455. The number of hydrogen-bond acceptors (Lipinski definition) is 4. The van der Waals surface area contributed by atoms with Gasteiger partial charge in [0, 0.05) is 11.8 Å². The fourth-order valence-electron chi connectivity index (χ4n) is 1.67. The summed E-state index contributed by atoms with van der Waals surface area (Å²) in [5.74, 6) is 0.535. The number of methoxy groups -OCH3 is 1. The van der Waals surface area contributed by atoms with Gasteiger partial charge in [0.2, 0.25) is 0 Å². The molecule has 4 nitrogen and oxygen atoms in total. The maximum absolute atomic E-state index is 11.4. The molecule has 0 aromatic heterocycles. The minimum atomic E-state index is -3.25. The van der Waals surface area contributed by atoms with Crippen molar-refractivity contribution in [2.45, 2.75) is 23.3 Å². The Hall–Kier alpha value is -1.07. The predicted octanol–water partition coefficient (Wildman–Crippen LogP) is 1.08. The van der Waals surface area contributed by atoms with Gasteiger partial charge in [0.15, 0.2) is 9.84 Å². The van der Waals surface area contributed by atoms with Gasteiger partial charge in [-0.15, -0.1) is 0 Å². The molecule has 1 fully saturated rings. The lowest BCUT2D eigenvalue weighted by atomic mass is 10.1. The van der Waals surface area contributed by atoms with E-state index in [1.807, 2.05) is 0 Å². The first-order valence-electron chi connectivity index (χ1n) is 4.98. The van der Waals surface area contributed by atoms with Crippen LogP contribution < -0.4 is 4.74 Å². The molecule has 1 aromatic carbocycles. The Morgan fingerprint density at radius 3 is 2.44 bits per heavy atom. The van der Waals surface area contributed by atoms with Crippen LogP contribution in [0.2, 0.25) is 0 Å². The van der Waals surface area contributed by atoms with Crippen molar-refractivity contribution in [1.29, 1.82) is 0 Å². The van der Waals surface area contributed by atoms with Crippen molar-refractivity contribution >= 4 is 9.84 Å². The lowest BCUT2D eigenvalue weighted by molar-refractivity contribution is 0.147. The highest BCUT2D eigenvalue weighted by Gasteiger charge is 2.44. The molecule has 1 aromatic rings. The quantitative estimate of drug-likeness (QED) is 0.861. The van der Waals surface area contributed by atoms with Crippen LogP contribution in [0.25, 0.3) is 0 Å². The predicted molar refractivity (Wildman–Crippen MR) is 59.2 cm³/mol. The average Bonchev–Trinajstić information content (AvgIpc) is 2.95. The molecule has 1 aliphatic rings. The van der Waals surface area contributed by atoms with Crippen molar-refractivity contribution < 1.29 is 18.3 Å². The zero-order chi connectivity index (χ0) is 12.0. The highest BCUT2D eigenvalue weighted by molar-refractivity contribution is 7.90. The van der Waals surface area contributed by atoms with E-state index in [2.05, 4.69) is 0 Å². The molecule has 0 bridgehead atoms. The van der Waals surface area contributed by atoms with E-state index in [0.29, 0.717) is 24.2 Å². The summed E-state index contributed by atoms with van der Waals surface area (Å²) in [6, 6.07) is 4.58. The Morgan fingerprint density at radius 1 is 1.38 bits per heavy atom. The standard InChI is InChI=1S/C11H14O4S/c1-15-10-4-3-8(16(2,13)14)7-9(10)11(12)5-6-11/h3-4,7,12H,5-6H2,1-2H3. The first kappa shape index (κ1) is 11.4. The third-order valence-corrected chi connectivity index (χ3v) is 3.93. The van der Waals surface area contributed by atoms with E-state index in [1.165, 1.54) is 19.2 Å². The third-order valence-electron chi connectivity index (χ3n) is 2.82. The number of rotatable bonds is 3. The van der Waals surface area contributed by atoms with Crippen molar-refractivity contribution in [1.82, 2.24) is 0 Å². The maximum Gasteiger partial charge on any atom is 0.175 e. The van der Waals surface area contributed by atoms with E-state index in [0.717, 1.165) is 6.26 Å². The van der Waals surface area contributed by atoms with Gasteiger partial charge < -0.3 is 9.84 Å². The van der Waals surface area contributed by atoms with Gasteiger partial charge in [-0.2, -0.15) is 0 Å². The van der Waals surface area contributed by atoms with Gasteiger partial charge in [-0.1, -0.05) is 0 Å². The monoisotopic (exact) mass is 242 g/mol. The van der Waals surface area contributed by atoms with Gasteiger partial charge in [0.1, 0.15) is 5.75 Å². The first-order chi connectivity index (χ1) is 7.37. The molecule has 0 amide bonds. The summed E-state index contributed by atoms with van der Waals surface area (Å²) in [5, 5.41) is 10.0. The van der Waals surface area contributed by atoms with Crippen LogP contribution in [0.1, 0.15) is 18.4 Å². The molecule has 0 unspecified atom stereocenters. The summed E-state index contributed by atoms with van der Waals surface area (Å²) < 4.78 is 27.9. The van der Waals surface area contributed by atoms with Crippen LogP contribution in [0.4, 0.5) is 0 Å². The van der Waals surface area contributed by atoms with Gasteiger partial charge in [0.05, 0.1) is 17.6 Å². The van der Waals surface area contributed by atoms with Crippen molar-refractivity contribution in [2.75, 3.05) is 13.4 Å². The number of benzene rings is 1. The minimum absolute atomic E-state index is 0.212. The first-order valence-corrected chi connectivity index (χ1v) is 6.87. The molecule has 2 rings (SSSR count). The van der Waals surface area contributed by atoms with Crippen LogP contribution in [-0.4, -0.2) is 26.9 Å². The number of ether oxygens (including phenoxy) is 1. The summed E-state index contributed by atoms with van der Waals surface area (Å²) in [4.78, 5) is 0.212. The summed E-state index contributed by atoms with van der Waals surface area (Å²) in [6.45, 7) is 0. The summed E-state index contributed by atoms with van der Waals surface area (Å²) in [6.07, 6.45) is 2.45. The van der Waals surface area contributed by atoms with E-state index < -0.39 is 15.4 Å². The Bertz CT molecular complexity index is 515. The third kappa shape index (κ3) is 1.92. The van der Waals surface area contributed by atoms with E-state index in [-0.39, 0.29) is 4.90 Å². The molecule has 1 saturated carbocycles. The van der Waals surface area contributed by atoms with E-state index >= 15 is 0 Å². The summed E-state index contributed by atoms with van der Waals surface area (Å²) >= 11 is 0. The SMILES string of the molecule is COc1ccc(S(C)(=O)=O)cc1C1(O)CC1. The topological polar surface area (TPSA) is 63.6 Å². The van der Waals surface area contributed by atoms with Crippen LogP contribution in [0.15, 0.2) is 23.1 Å². The summed E-state index contributed by atoms with van der Waals surface area (Å²) in [5.41, 5.74) is -0.329.